The summed E-state index contributed by atoms with van der Waals surface area (Å²) >= 11 is 0. The predicted octanol–water partition coefficient (Wildman–Crippen LogP) is 1.16. The van der Waals surface area contributed by atoms with Gasteiger partial charge in [-0.05, 0) is 31.4 Å². The molecule has 1 aromatic heterocycles. The Morgan fingerprint density at radius 1 is 1.56 bits per heavy atom. The molecule has 16 heavy (non-hydrogen) atoms. The molecule has 86 valence electrons. The van der Waals surface area contributed by atoms with E-state index < -0.39 is 0 Å². The predicted molar refractivity (Wildman–Crippen MR) is 62.8 cm³/mol. The van der Waals surface area contributed by atoms with Gasteiger partial charge in [0.1, 0.15) is 5.69 Å². The number of hydrogen-bond donors (Lipinski definition) is 2. The Bertz CT molecular complexity index is 383. The number of amidine groups is 1. The molecule has 0 atom stereocenters. The average molecular weight is 220 g/mol. The van der Waals surface area contributed by atoms with Gasteiger partial charge in [-0.2, -0.15) is 0 Å². The molecule has 0 bridgehead atoms. The van der Waals surface area contributed by atoms with Crippen LogP contribution in [0.5, 0.6) is 0 Å². The van der Waals surface area contributed by atoms with Crippen molar-refractivity contribution in [2.24, 2.45) is 10.9 Å². The minimum absolute atomic E-state index is 0.0397. The van der Waals surface area contributed by atoms with E-state index in [1.165, 1.54) is 19.3 Å². The summed E-state index contributed by atoms with van der Waals surface area (Å²) in [7, 11) is 2.07. The molecule has 0 amide bonds. The van der Waals surface area contributed by atoms with Crippen molar-refractivity contribution in [3.63, 3.8) is 0 Å². The molecule has 0 radical (unpaired) electrons. The second-order valence-corrected chi connectivity index (χ2v) is 4.08. The summed E-state index contributed by atoms with van der Waals surface area (Å²) in [6, 6.07) is 4.34. The Morgan fingerprint density at radius 3 is 2.75 bits per heavy atom. The third-order valence-electron chi connectivity index (χ3n) is 3.15. The maximum Gasteiger partial charge on any atom is 0.188 e. The van der Waals surface area contributed by atoms with Gasteiger partial charge >= 0.3 is 0 Å². The van der Waals surface area contributed by atoms with E-state index in [-0.39, 0.29) is 5.84 Å². The van der Waals surface area contributed by atoms with Crippen molar-refractivity contribution in [1.82, 2.24) is 4.98 Å². The SMILES string of the molecule is CN(c1ccc(/C(N)=N/O)nc1)C1CCC1. The summed E-state index contributed by atoms with van der Waals surface area (Å²) in [4.78, 5) is 6.38. The lowest BCUT2D eigenvalue weighted by Gasteiger charge is -2.36. The number of aromatic nitrogens is 1. The van der Waals surface area contributed by atoms with Crippen molar-refractivity contribution in [2.45, 2.75) is 25.3 Å². The van der Waals surface area contributed by atoms with Gasteiger partial charge in [0.2, 0.25) is 0 Å². The highest BCUT2D eigenvalue weighted by atomic mass is 16.4. The van der Waals surface area contributed by atoms with Gasteiger partial charge in [-0.25, -0.2) is 0 Å². The molecule has 0 aromatic carbocycles. The highest BCUT2D eigenvalue weighted by molar-refractivity contribution is 5.95. The molecule has 1 aliphatic carbocycles. The fourth-order valence-electron chi connectivity index (χ4n) is 1.78. The maximum atomic E-state index is 8.51. The molecule has 3 N–H and O–H groups in total. The van der Waals surface area contributed by atoms with Gasteiger partial charge in [0.05, 0.1) is 11.9 Å². The molecule has 1 fully saturated rings. The summed E-state index contributed by atoms with van der Waals surface area (Å²) in [6.45, 7) is 0. The van der Waals surface area contributed by atoms with Gasteiger partial charge < -0.3 is 15.8 Å². The lowest BCUT2D eigenvalue weighted by molar-refractivity contribution is 0.318. The molecule has 1 saturated carbocycles. The van der Waals surface area contributed by atoms with E-state index in [4.69, 9.17) is 10.9 Å². The topological polar surface area (TPSA) is 74.7 Å². The Hall–Kier alpha value is -1.78. The zero-order valence-corrected chi connectivity index (χ0v) is 9.30. The summed E-state index contributed by atoms with van der Waals surface area (Å²) in [5, 5.41) is 11.4. The largest absolute Gasteiger partial charge is 0.409 e. The smallest absolute Gasteiger partial charge is 0.188 e. The van der Waals surface area contributed by atoms with Crippen LogP contribution in [0.4, 0.5) is 5.69 Å². The number of pyridine rings is 1. The second kappa shape index (κ2) is 4.38. The van der Waals surface area contributed by atoms with E-state index >= 15 is 0 Å². The van der Waals surface area contributed by atoms with Crippen LogP contribution in [0.3, 0.4) is 0 Å². The van der Waals surface area contributed by atoms with Gasteiger partial charge in [0, 0.05) is 13.1 Å². The number of oxime groups is 1. The second-order valence-electron chi connectivity index (χ2n) is 4.08. The first kappa shape index (κ1) is 10.7. The van der Waals surface area contributed by atoms with Crippen LogP contribution in [0.25, 0.3) is 0 Å². The average Bonchev–Trinajstić information content (AvgIpc) is 2.26. The van der Waals surface area contributed by atoms with Crippen LogP contribution < -0.4 is 10.6 Å². The van der Waals surface area contributed by atoms with Gasteiger partial charge in [-0.15, -0.1) is 0 Å². The minimum atomic E-state index is 0.0397. The molecular weight excluding hydrogens is 204 g/mol. The summed E-state index contributed by atoms with van der Waals surface area (Å²) < 4.78 is 0. The van der Waals surface area contributed by atoms with Crippen molar-refractivity contribution in [2.75, 3.05) is 11.9 Å². The minimum Gasteiger partial charge on any atom is -0.409 e. The normalized spacial score (nSPS) is 16.9. The number of nitrogens with two attached hydrogens (primary N) is 1. The van der Waals surface area contributed by atoms with Crippen LogP contribution in [-0.2, 0) is 0 Å². The molecule has 0 saturated heterocycles. The lowest BCUT2D eigenvalue weighted by atomic mass is 9.91. The van der Waals surface area contributed by atoms with Crippen molar-refractivity contribution < 1.29 is 5.21 Å². The maximum absolute atomic E-state index is 8.51. The third kappa shape index (κ3) is 1.93. The van der Waals surface area contributed by atoms with Crippen molar-refractivity contribution in [3.05, 3.63) is 24.0 Å². The van der Waals surface area contributed by atoms with E-state index in [0.29, 0.717) is 11.7 Å². The van der Waals surface area contributed by atoms with Crippen LogP contribution in [0.2, 0.25) is 0 Å². The molecule has 1 aromatic rings. The first-order valence-corrected chi connectivity index (χ1v) is 5.39. The monoisotopic (exact) mass is 220 g/mol. The van der Waals surface area contributed by atoms with Gasteiger partial charge in [0.15, 0.2) is 5.84 Å². The summed E-state index contributed by atoms with van der Waals surface area (Å²) in [6.07, 6.45) is 5.56. The van der Waals surface area contributed by atoms with E-state index in [0.717, 1.165) is 5.69 Å². The summed E-state index contributed by atoms with van der Waals surface area (Å²) in [5.74, 6) is 0.0397. The van der Waals surface area contributed by atoms with E-state index in [1.54, 1.807) is 12.3 Å². The van der Waals surface area contributed by atoms with Crippen molar-refractivity contribution >= 4 is 11.5 Å². The van der Waals surface area contributed by atoms with E-state index in [2.05, 4.69) is 22.1 Å². The van der Waals surface area contributed by atoms with Crippen LogP contribution in [-0.4, -0.2) is 29.1 Å². The molecule has 1 aliphatic rings. The van der Waals surface area contributed by atoms with Crippen LogP contribution in [0, 0.1) is 0 Å². The van der Waals surface area contributed by atoms with Crippen LogP contribution in [0.15, 0.2) is 23.5 Å². The fraction of sp³-hybridized carbons (Fsp3) is 0.455. The molecule has 0 spiro atoms. The quantitative estimate of drug-likeness (QED) is 0.347. The highest BCUT2D eigenvalue weighted by Gasteiger charge is 2.22. The van der Waals surface area contributed by atoms with Crippen molar-refractivity contribution in [1.29, 1.82) is 0 Å². The Labute approximate surface area is 94.6 Å². The number of anilines is 1. The van der Waals surface area contributed by atoms with Crippen molar-refractivity contribution in [3.8, 4) is 0 Å². The first-order valence-electron chi connectivity index (χ1n) is 5.39. The molecule has 5 nitrogen and oxygen atoms in total. The zero-order valence-electron chi connectivity index (χ0n) is 9.30. The van der Waals surface area contributed by atoms with E-state index in [9.17, 15) is 0 Å². The Kier molecular flexibility index (Phi) is 2.94. The lowest BCUT2D eigenvalue weighted by Crippen LogP contribution is -2.37. The van der Waals surface area contributed by atoms with Crippen LogP contribution >= 0.6 is 0 Å². The molecule has 1 heterocycles. The third-order valence-corrected chi connectivity index (χ3v) is 3.15. The first-order chi connectivity index (χ1) is 7.72. The van der Waals surface area contributed by atoms with E-state index in [1.807, 2.05) is 6.07 Å². The molecule has 0 unspecified atom stereocenters. The van der Waals surface area contributed by atoms with Gasteiger partial charge in [-0.1, -0.05) is 5.16 Å². The standard InChI is InChI=1S/C11H16N4O/c1-15(8-3-2-4-8)9-5-6-10(13-7-9)11(12)14-16/h5-8,16H,2-4H2,1H3,(H2,12,14). The molecule has 5 heteroatoms. The molecule has 0 aliphatic heterocycles. The number of rotatable bonds is 3. The van der Waals surface area contributed by atoms with Gasteiger partial charge in [0.25, 0.3) is 0 Å². The number of nitrogens with zero attached hydrogens (tertiary/aromatic N) is 3. The number of hydrogen-bond acceptors (Lipinski definition) is 4. The summed E-state index contributed by atoms with van der Waals surface area (Å²) in [5.41, 5.74) is 7.00. The highest BCUT2D eigenvalue weighted by Crippen LogP contribution is 2.27. The molecule has 2 rings (SSSR count). The fourth-order valence-corrected chi connectivity index (χ4v) is 1.78. The zero-order chi connectivity index (χ0) is 11.5. The Balaban J connectivity index is 2.12. The Morgan fingerprint density at radius 2 is 2.31 bits per heavy atom. The van der Waals surface area contributed by atoms with Gasteiger partial charge in [-0.3, -0.25) is 4.98 Å². The molecular formula is C11H16N4O. The van der Waals surface area contributed by atoms with Crippen LogP contribution in [0.1, 0.15) is 25.0 Å².